The zero-order valence-electron chi connectivity index (χ0n) is 17.9. The van der Waals surface area contributed by atoms with E-state index in [1.54, 1.807) is 24.3 Å². The summed E-state index contributed by atoms with van der Waals surface area (Å²) < 4.78 is 6.29. The Morgan fingerprint density at radius 1 is 1.12 bits per heavy atom. The summed E-state index contributed by atoms with van der Waals surface area (Å²) in [6.07, 6.45) is 0.0197. The van der Waals surface area contributed by atoms with Crippen molar-refractivity contribution < 1.29 is 19.1 Å². The van der Waals surface area contributed by atoms with Gasteiger partial charge in [0.25, 0.3) is 11.5 Å². The minimum atomic E-state index is -0.849. The molecule has 2 heterocycles. The second-order valence-electron chi connectivity index (χ2n) is 7.51. The van der Waals surface area contributed by atoms with Crippen molar-refractivity contribution >= 4 is 39.9 Å². The van der Waals surface area contributed by atoms with Crippen LogP contribution in [0.25, 0.3) is 10.8 Å². The molecule has 168 valence electrons. The molecule has 0 spiro atoms. The van der Waals surface area contributed by atoms with Gasteiger partial charge in [0.15, 0.2) is 12.3 Å². The molecular formula is C21H23N5O5S. The number of rotatable bonds is 7. The molecule has 0 bridgehead atoms. The summed E-state index contributed by atoms with van der Waals surface area (Å²) in [4.78, 5) is 53.3. The largest absolute Gasteiger partial charge is 0.451 e. The number of esters is 1. The molecule has 2 N–H and O–H groups in total. The number of aromatic nitrogens is 3. The van der Waals surface area contributed by atoms with Crippen molar-refractivity contribution in [3.05, 3.63) is 56.4 Å². The van der Waals surface area contributed by atoms with Crippen LogP contribution in [0.4, 0.5) is 0 Å². The molecule has 0 unspecified atom stereocenters. The number of nitrogens with one attached hydrogen (secondary N) is 2. The maximum atomic E-state index is 12.6. The number of hydrogen-bond acceptors (Lipinski definition) is 8. The van der Waals surface area contributed by atoms with E-state index in [-0.39, 0.29) is 23.6 Å². The van der Waals surface area contributed by atoms with Crippen molar-refractivity contribution in [3.63, 3.8) is 0 Å². The molecule has 2 aromatic heterocycles. The van der Waals surface area contributed by atoms with Gasteiger partial charge >= 0.3 is 5.97 Å². The standard InChI is InChI=1S/C21H23N5O5S/c1-12(2)9-26-20(29)15-7-5-4-6-14(15)19(25-26)21(30)31-10-17(28)24-23-16(27)8-18-22-13(3)11-32-18/h4-7,11-12H,8-10H2,1-3H3,(H,23,27)(H,24,28). The van der Waals surface area contributed by atoms with E-state index in [2.05, 4.69) is 20.9 Å². The highest BCUT2D eigenvalue weighted by Crippen LogP contribution is 2.15. The van der Waals surface area contributed by atoms with E-state index in [1.807, 2.05) is 26.2 Å². The highest BCUT2D eigenvalue weighted by molar-refractivity contribution is 7.09. The monoisotopic (exact) mass is 457 g/mol. The third kappa shape index (κ3) is 5.76. The number of benzene rings is 1. The van der Waals surface area contributed by atoms with Crippen molar-refractivity contribution in [2.75, 3.05) is 6.61 Å². The lowest BCUT2D eigenvalue weighted by atomic mass is 10.1. The maximum absolute atomic E-state index is 12.6. The molecule has 1 aromatic carbocycles. The van der Waals surface area contributed by atoms with Crippen molar-refractivity contribution in [1.29, 1.82) is 0 Å². The molecule has 0 aliphatic carbocycles. The molecule has 11 heteroatoms. The van der Waals surface area contributed by atoms with Crippen LogP contribution in [0.3, 0.4) is 0 Å². The molecule has 0 aliphatic heterocycles. The van der Waals surface area contributed by atoms with Crippen LogP contribution in [0, 0.1) is 12.8 Å². The number of ether oxygens (including phenoxy) is 1. The summed E-state index contributed by atoms with van der Waals surface area (Å²) in [6, 6.07) is 6.58. The molecule has 3 aromatic rings. The zero-order chi connectivity index (χ0) is 23.3. The van der Waals surface area contributed by atoms with E-state index in [1.165, 1.54) is 16.0 Å². The van der Waals surface area contributed by atoms with Gasteiger partial charge in [-0.15, -0.1) is 11.3 Å². The van der Waals surface area contributed by atoms with Gasteiger partial charge in [-0.1, -0.05) is 32.0 Å². The topological polar surface area (TPSA) is 132 Å². The lowest BCUT2D eigenvalue weighted by Gasteiger charge is -2.12. The van der Waals surface area contributed by atoms with Crippen molar-refractivity contribution in [3.8, 4) is 0 Å². The lowest BCUT2D eigenvalue weighted by Crippen LogP contribution is -2.44. The molecular weight excluding hydrogens is 434 g/mol. The van der Waals surface area contributed by atoms with Crippen LogP contribution < -0.4 is 16.4 Å². The third-order valence-electron chi connectivity index (χ3n) is 4.25. The average Bonchev–Trinajstić information content (AvgIpc) is 3.16. The molecule has 0 atom stereocenters. The van der Waals surface area contributed by atoms with Crippen LogP contribution in [0.1, 0.15) is 35.0 Å². The van der Waals surface area contributed by atoms with E-state index in [0.29, 0.717) is 22.3 Å². The van der Waals surface area contributed by atoms with Gasteiger partial charge in [0.05, 0.1) is 11.8 Å². The first-order valence-electron chi connectivity index (χ1n) is 9.90. The predicted octanol–water partition coefficient (Wildman–Crippen LogP) is 1.36. The van der Waals surface area contributed by atoms with Gasteiger partial charge in [-0.05, 0) is 18.9 Å². The number of carbonyl (C=O) groups excluding carboxylic acids is 3. The molecule has 0 aliphatic rings. The van der Waals surface area contributed by atoms with Crippen LogP contribution in [0.2, 0.25) is 0 Å². The smallest absolute Gasteiger partial charge is 0.359 e. The third-order valence-corrected chi connectivity index (χ3v) is 5.22. The Hall–Kier alpha value is -3.60. The van der Waals surface area contributed by atoms with Gasteiger partial charge in [0.1, 0.15) is 5.01 Å². The number of hydrazine groups is 1. The summed E-state index contributed by atoms with van der Waals surface area (Å²) in [5.74, 6) is -1.89. The van der Waals surface area contributed by atoms with Crippen LogP contribution in [-0.2, 0) is 27.3 Å². The lowest BCUT2D eigenvalue weighted by molar-refractivity contribution is -0.130. The second kappa shape index (κ2) is 10.1. The van der Waals surface area contributed by atoms with Crippen LogP contribution >= 0.6 is 11.3 Å². The predicted molar refractivity (Wildman–Crippen MR) is 118 cm³/mol. The highest BCUT2D eigenvalue weighted by Gasteiger charge is 2.19. The molecule has 0 saturated carbocycles. The van der Waals surface area contributed by atoms with E-state index < -0.39 is 24.4 Å². The quantitative estimate of drug-likeness (QED) is 0.404. The Kier molecular flexibility index (Phi) is 7.31. The number of aryl methyl sites for hydroxylation is 1. The Morgan fingerprint density at radius 2 is 1.81 bits per heavy atom. The van der Waals surface area contributed by atoms with Gasteiger partial charge in [-0.25, -0.2) is 14.5 Å². The fourth-order valence-corrected chi connectivity index (χ4v) is 3.67. The summed E-state index contributed by atoms with van der Waals surface area (Å²) >= 11 is 1.35. The summed E-state index contributed by atoms with van der Waals surface area (Å²) in [5.41, 5.74) is 4.88. The van der Waals surface area contributed by atoms with Gasteiger partial charge < -0.3 is 4.74 Å². The second-order valence-corrected chi connectivity index (χ2v) is 8.45. The Morgan fingerprint density at radius 3 is 2.47 bits per heavy atom. The minimum Gasteiger partial charge on any atom is -0.451 e. The van der Waals surface area contributed by atoms with Crippen molar-refractivity contribution in [1.82, 2.24) is 25.6 Å². The number of nitrogens with zero attached hydrogens (tertiary/aromatic N) is 3. The highest BCUT2D eigenvalue weighted by atomic mass is 32.1. The number of amides is 2. The molecule has 0 fully saturated rings. The Balaban J connectivity index is 1.62. The van der Waals surface area contributed by atoms with Crippen molar-refractivity contribution in [2.24, 2.45) is 5.92 Å². The number of hydrogen-bond donors (Lipinski definition) is 2. The first-order valence-corrected chi connectivity index (χ1v) is 10.8. The molecule has 2 amide bonds. The van der Waals surface area contributed by atoms with E-state index in [0.717, 1.165) is 5.69 Å². The fourth-order valence-electron chi connectivity index (χ4n) is 2.90. The number of carbonyl (C=O) groups is 3. The first kappa shape index (κ1) is 23.1. The summed E-state index contributed by atoms with van der Waals surface area (Å²) in [6.45, 7) is 5.37. The number of fused-ring (bicyclic) bond motifs is 1. The van der Waals surface area contributed by atoms with Gasteiger partial charge in [0.2, 0.25) is 5.91 Å². The Bertz CT molecular complexity index is 1220. The van der Waals surface area contributed by atoms with E-state index >= 15 is 0 Å². The van der Waals surface area contributed by atoms with Crippen LogP contribution in [0.5, 0.6) is 0 Å². The molecule has 0 radical (unpaired) electrons. The normalized spacial score (nSPS) is 10.9. The first-order chi connectivity index (χ1) is 15.2. The average molecular weight is 458 g/mol. The summed E-state index contributed by atoms with van der Waals surface area (Å²) in [5, 5.41) is 7.29. The van der Waals surface area contributed by atoms with Crippen molar-refractivity contribution in [2.45, 2.75) is 33.7 Å². The Labute approximate surface area is 187 Å². The van der Waals surface area contributed by atoms with Crippen LogP contribution in [-0.4, -0.2) is 39.2 Å². The van der Waals surface area contributed by atoms with E-state index in [9.17, 15) is 19.2 Å². The van der Waals surface area contributed by atoms with Gasteiger partial charge in [-0.2, -0.15) is 5.10 Å². The molecule has 0 saturated heterocycles. The SMILES string of the molecule is Cc1csc(CC(=O)NNC(=O)COC(=O)c2nn(CC(C)C)c(=O)c3ccccc23)n1. The van der Waals surface area contributed by atoms with E-state index in [4.69, 9.17) is 4.74 Å². The maximum Gasteiger partial charge on any atom is 0.359 e. The van der Waals surface area contributed by atoms with Gasteiger partial charge in [-0.3, -0.25) is 25.2 Å². The molecule has 3 rings (SSSR count). The zero-order valence-corrected chi connectivity index (χ0v) is 18.7. The molecule has 32 heavy (non-hydrogen) atoms. The minimum absolute atomic E-state index is 0.0197. The summed E-state index contributed by atoms with van der Waals surface area (Å²) in [7, 11) is 0. The van der Waals surface area contributed by atoms with Crippen LogP contribution in [0.15, 0.2) is 34.4 Å². The fraction of sp³-hybridized carbons (Fsp3) is 0.333. The van der Waals surface area contributed by atoms with Gasteiger partial charge in [0, 0.05) is 23.0 Å². The number of thiazole rings is 1. The molecule has 10 nitrogen and oxygen atoms in total.